The number of amides is 1. The van der Waals surface area contributed by atoms with Crippen molar-refractivity contribution < 1.29 is 13.9 Å². The Labute approximate surface area is 118 Å². The topological polar surface area (TPSA) is 51.5 Å². The van der Waals surface area contributed by atoms with Gasteiger partial charge in [-0.2, -0.15) is 0 Å². The summed E-state index contributed by atoms with van der Waals surface area (Å²) in [5, 5.41) is 2.88. The molecule has 20 heavy (non-hydrogen) atoms. The van der Waals surface area contributed by atoms with Crippen molar-refractivity contribution in [2.75, 3.05) is 6.61 Å². The van der Waals surface area contributed by atoms with E-state index in [0.717, 1.165) is 22.8 Å². The van der Waals surface area contributed by atoms with E-state index in [9.17, 15) is 4.79 Å². The van der Waals surface area contributed by atoms with Crippen molar-refractivity contribution in [2.24, 2.45) is 0 Å². The van der Waals surface area contributed by atoms with Crippen LogP contribution in [0.3, 0.4) is 0 Å². The molecule has 2 aromatic rings. The summed E-state index contributed by atoms with van der Waals surface area (Å²) in [4.78, 5) is 12.0. The van der Waals surface area contributed by atoms with Crippen molar-refractivity contribution in [3.63, 3.8) is 0 Å². The van der Waals surface area contributed by atoms with Crippen LogP contribution in [0.4, 0.5) is 0 Å². The van der Waals surface area contributed by atoms with Gasteiger partial charge in [0.2, 0.25) is 0 Å². The molecule has 1 aromatic heterocycles. The third-order valence-corrected chi connectivity index (χ3v) is 3.01. The monoisotopic (exact) mass is 273 g/mol. The molecule has 4 nitrogen and oxygen atoms in total. The molecule has 0 fully saturated rings. The van der Waals surface area contributed by atoms with E-state index in [1.165, 1.54) is 0 Å². The fourth-order valence-electron chi connectivity index (χ4n) is 2.01. The highest BCUT2D eigenvalue weighted by Gasteiger charge is 2.08. The van der Waals surface area contributed by atoms with Crippen LogP contribution < -0.4 is 10.1 Å². The Hall–Kier alpha value is -2.23. The number of ether oxygens (including phenoxy) is 1. The first-order chi connectivity index (χ1) is 9.60. The predicted molar refractivity (Wildman–Crippen MR) is 77.0 cm³/mol. The van der Waals surface area contributed by atoms with Crippen molar-refractivity contribution in [3.8, 4) is 5.75 Å². The van der Waals surface area contributed by atoms with Crippen LogP contribution in [0.2, 0.25) is 0 Å². The van der Waals surface area contributed by atoms with Gasteiger partial charge in [0.15, 0.2) is 0 Å². The largest absolute Gasteiger partial charge is 0.494 e. The molecule has 1 amide bonds. The highest BCUT2D eigenvalue weighted by molar-refractivity contribution is 5.94. The van der Waals surface area contributed by atoms with Gasteiger partial charge in [0.25, 0.3) is 5.91 Å². The molecule has 0 unspecified atom stereocenters. The van der Waals surface area contributed by atoms with E-state index in [-0.39, 0.29) is 5.91 Å². The van der Waals surface area contributed by atoms with Gasteiger partial charge in [-0.15, -0.1) is 0 Å². The van der Waals surface area contributed by atoms with Crippen LogP contribution in [0.15, 0.2) is 34.7 Å². The summed E-state index contributed by atoms with van der Waals surface area (Å²) >= 11 is 0. The summed E-state index contributed by atoms with van der Waals surface area (Å²) in [5.41, 5.74) is 1.62. The van der Waals surface area contributed by atoms with Gasteiger partial charge in [-0.25, -0.2) is 0 Å². The van der Waals surface area contributed by atoms with Crippen molar-refractivity contribution >= 4 is 5.91 Å². The van der Waals surface area contributed by atoms with Crippen LogP contribution in [0, 0.1) is 13.8 Å². The molecule has 0 aliphatic rings. The summed E-state index contributed by atoms with van der Waals surface area (Å²) in [7, 11) is 0. The number of furan rings is 1. The Morgan fingerprint density at radius 3 is 2.50 bits per heavy atom. The second kappa shape index (κ2) is 6.28. The lowest BCUT2D eigenvalue weighted by molar-refractivity contribution is 0.0951. The first kappa shape index (κ1) is 14.2. The smallest absolute Gasteiger partial charge is 0.251 e. The minimum atomic E-state index is -0.105. The number of carbonyl (C=O) groups excluding carboxylic acids is 1. The summed E-state index contributed by atoms with van der Waals surface area (Å²) < 4.78 is 10.8. The molecule has 0 aliphatic heterocycles. The number of rotatable bonds is 5. The fourth-order valence-corrected chi connectivity index (χ4v) is 2.01. The molecule has 1 heterocycles. The van der Waals surface area contributed by atoms with Gasteiger partial charge in [0, 0.05) is 17.7 Å². The summed E-state index contributed by atoms with van der Waals surface area (Å²) in [6.45, 7) is 6.80. The molecule has 1 aromatic carbocycles. The second-order valence-electron chi connectivity index (χ2n) is 4.58. The quantitative estimate of drug-likeness (QED) is 0.910. The molecule has 1 N–H and O–H groups in total. The van der Waals surface area contributed by atoms with Crippen LogP contribution in [0.5, 0.6) is 5.75 Å². The third kappa shape index (κ3) is 3.41. The lowest BCUT2D eigenvalue weighted by Crippen LogP contribution is -2.22. The normalized spacial score (nSPS) is 10.3. The van der Waals surface area contributed by atoms with Crippen molar-refractivity contribution in [2.45, 2.75) is 27.3 Å². The van der Waals surface area contributed by atoms with Gasteiger partial charge in [0.1, 0.15) is 17.3 Å². The predicted octanol–water partition coefficient (Wildman–Crippen LogP) is 3.23. The van der Waals surface area contributed by atoms with Gasteiger partial charge >= 0.3 is 0 Å². The molecular weight excluding hydrogens is 254 g/mol. The maximum atomic E-state index is 12.0. The zero-order valence-corrected chi connectivity index (χ0v) is 12.0. The second-order valence-corrected chi connectivity index (χ2v) is 4.58. The summed E-state index contributed by atoms with van der Waals surface area (Å²) in [6, 6.07) is 9.05. The molecule has 0 radical (unpaired) electrons. The van der Waals surface area contributed by atoms with E-state index in [0.29, 0.717) is 18.7 Å². The van der Waals surface area contributed by atoms with Gasteiger partial charge in [-0.05, 0) is 51.1 Å². The minimum Gasteiger partial charge on any atom is -0.494 e. The van der Waals surface area contributed by atoms with E-state index >= 15 is 0 Å². The third-order valence-electron chi connectivity index (χ3n) is 3.01. The van der Waals surface area contributed by atoms with Crippen LogP contribution >= 0.6 is 0 Å². The van der Waals surface area contributed by atoms with E-state index in [1.807, 2.05) is 26.8 Å². The van der Waals surface area contributed by atoms with E-state index < -0.39 is 0 Å². The Bertz CT molecular complexity index is 584. The Morgan fingerprint density at radius 1 is 1.25 bits per heavy atom. The highest BCUT2D eigenvalue weighted by atomic mass is 16.5. The number of hydrogen-bond donors (Lipinski definition) is 1. The first-order valence-electron chi connectivity index (χ1n) is 6.67. The molecule has 0 aliphatic carbocycles. The van der Waals surface area contributed by atoms with Crippen LogP contribution in [0.1, 0.15) is 34.4 Å². The molecule has 0 atom stereocenters. The highest BCUT2D eigenvalue weighted by Crippen LogP contribution is 2.14. The Morgan fingerprint density at radius 2 is 1.95 bits per heavy atom. The number of hydrogen-bond acceptors (Lipinski definition) is 3. The van der Waals surface area contributed by atoms with Gasteiger partial charge in [-0.1, -0.05) is 0 Å². The molecule has 0 saturated heterocycles. The maximum Gasteiger partial charge on any atom is 0.251 e. The molecule has 0 saturated carbocycles. The zero-order valence-electron chi connectivity index (χ0n) is 12.0. The molecular formula is C16H19NO3. The SMILES string of the molecule is CCOc1ccc(C(=O)NCc2cc(C)oc2C)cc1. The van der Waals surface area contributed by atoms with Crippen LogP contribution in [-0.4, -0.2) is 12.5 Å². The number of aryl methyl sites for hydroxylation is 2. The van der Waals surface area contributed by atoms with Crippen molar-refractivity contribution in [3.05, 3.63) is 53.0 Å². The van der Waals surface area contributed by atoms with Gasteiger partial charge < -0.3 is 14.5 Å². The lowest BCUT2D eigenvalue weighted by Gasteiger charge is -2.06. The van der Waals surface area contributed by atoms with E-state index in [4.69, 9.17) is 9.15 Å². The Balaban J connectivity index is 1.96. The van der Waals surface area contributed by atoms with Crippen molar-refractivity contribution in [1.82, 2.24) is 5.32 Å². The molecule has 0 bridgehead atoms. The molecule has 0 spiro atoms. The van der Waals surface area contributed by atoms with Crippen LogP contribution in [-0.2, 0) is 6.54 Å². The summed E-state index contributed by atoms with van der Waals surface area (Å²) in [6.07, 6.45) is 0. The number of nitrogens with one attached hydrogen (secondary N) is 1. The lowest BCUT2D eigenvalue weighted by atomic mass is 10.2. The number of carbonyl (C=O) groups is 1. The maximum absolute atomic E-state index is 12.0. The molecule has 4 heteroatoms. The Kier molecular flexibility index (Phi) is 4.45. The van der Waals surface area contributed by atoms with E-state index in [2.05, 4.69) is 5.32 Å². The average molecular weight is 273 g/mol. The fraction of sp³-hybridized carbons (Fsp3) is 0.312. The minimum absolute atomic E-state index is 0.105. The van der Waals surface area contributed by atoms with Gasteiger partial charge in [0.05, 0.1) is 6.61 Å². The van der Waals surface area contributed by atoms with Crippen molar-refractivity contribution in [1.29, 1.82) is 0 Å². The summed E-state index contributed by atoms with van der Waals surface area (Å²) in [5.74, 6) is 2.36. The zero-order chi connectivity index (χ0) is 14.5. The molecule has 2 rings (SSSR count). The first-order valence-corrected chi connectivity index (χ1v) is 6.67. The molecule has 106 valence electrons. The van der Waals surface area contributed by atoms with Gasteiger partial charge in [-0.3, -0.25) is 4.79 Å². The standard InChI is InChI=1S/C16H19NO3/c1-4-19-15-7-5-13(6-8-15)16(18)17-10-14-9-11(2)20-12(14)3/h5-9H,4,10H2,1-3H3,(H,17,18). The van der Waals surface area contributed by atoms with E-state index in [1.54, 1.807) is 24.3 Å². The van der Waals surface area contributed by atoms with Crippen LogP contribution in [0.25, 0.3) is 0 Å². The average Bonchev–Trinajstić information content (AvgIpc) is 2.75. The number of benzene rings is 1.